The summed E-state index contributed by atoms with van der Waals surface area (Å²) < 4.78 is 12.9. The van der Waals surface area contributed by atoms with Crippen LogP contribution in [0.2, 0.25) is 0 Å². The number of nitrogens with zero attached hydrogens (tertiary/aromatic N) is 2. The Hall–Kier alpha value is -2.17. The molecule has 0 fully saturated rings. The molecule has 0 saturated heterocycles. The lowest BCUT2D eigenvalue weighted by Crippen LogP contribution is -2.12. The van der Waals surface area contributed by atoms with Crippen molar-refractivity contribution in [2.24, 2.45) is 10.2 Å². The number of halogens is 1. The Labute approximate surface area is 90.5 Å². The fourth-order valence-electron chi connectivity index (χ4n) is 1.34. The number of hydrogen-bond acceptors (Lipinski definition) is 3. The Bertz CT molecular complexity index is 520. The number of allylic oxidation sites excluding steroid dienone is 1. The summed E-state index contributed by atoms with van der Waals surface area (Å²) >= 11 is 0. The second kappa shape index (κ2) is 4.14. The van der Waals surface area contributed by atoms with Gasteiger partial charge in [0.15, 0.2) is 0 Å². The molecular formula is C11H7FN2O2. The first-order valence-electron chi connectivity index (χ1n) is 4.60. The molecule has 16 heavy (non-hydrogen) atoms. The van der Waals surface area contributed by atoms with Gasteiger partial charge in [-0.25, -0.2) is 4.39 Å². The van der Waals surface area contributed by atoms with Crippen molar-refractivity contribution in [2.45, 2.75) is 6.42 Å². The number of carbonyl (C=O) groups is 2. The summed E-state index contributed by atoms with van der Waals surface area (Å²) in [6.45, 7) is 0. The Kier molecular flexibility index (Phi) is 2.68. The highest BCUT2D eigenvalue weighted by atomic mass is 19.1. The minimum atomic E-state index is -0.872. The zero-order valence-corrected chi connectivity index (χ0v) is 8.18. The van der Waals surface area contributed by atoms with Gasteiger partial charge in [0.05, 0.1) is 5.70 Å². The average Bonchev–Trinajstić information content (AvgIpc) is 2.24. The molecule has 1 heterocycles. The van der Waals surface area contributed by atoms with E-state index in [1.165, 1.54) is 12.1 Å². The van der Waals surface area contributed by atoms with Crippen molar-refractivity contribution in [3.8, 4) is 0 Å². The third-order valence-corrected chi connectivity index (χ3v) is 2.05. The maximum absolute atomic E-state index is 12.9. The van der Waals surface area contributed by atoms with Gasteiger partial charge in [-0.2, -0.15) is 5.11 Å². The van der Waals surface area contributed by atoms with Crippen molar-refractivity contribution in [3.05, 3.63) is 47.4 Å². The molecule has 1 aliphatic rings. The molecule has 0 atom stereocenters. The molecule has 1 amide bonds. The van der Waals surface area contributed by atoms with Gasteiger partial charge in [-0.3, -0.25) is 9.59 Å². The topological polar surface area (TPSA) is 58.9 Å². The van der Waals surface area contributed by atoms with E-state index < -0.39 is 11.7 Å². The first kappa shape index (κ1) is 10.4. The standard InChI is InChI=1S/C11H7FN2O2/c12-8-3-1-2-7(4-8)5-9-6-10(15)11(16)14-13-9/h1-4,6H,5H2. The average molecular weight is 218 g/mol. The molecule has 80 valence electrons. The van der Waals surface area contributed by atoms with Crippen LogP contribution in [-0.4, -0.2) is 11.7 Å². The Morgan fingerprint density at radius 2 is 2.00 bits per heavy atom. The molecule has 4 nitrogen and oxygen atoms in total. The maximum Gasteiger partial charge on any atom is 0.335 e. The van der Waals surface area contributed by atoms with Gasteiger partial charge in [0.25, 0.3) is 0 Å². The number of ketones is 1. The zero-order valence-electron chi connectivity index (χ0n) is 8.18. The van der Waals surface area contributed by atoms with Crippen LogP contribution in [-0.2, 0) is 16.0 Å². The monoisotopic (exact) mass is 218 g/mol. The van der Waals surface area contributed by atoms with Crippen molar-refractivity contribution in [2.75, 3.05) is 0 Å². The number of rotatable bonds is 2. The molecule has 0 aliphatic carbocycles. The van der Waals surface area contributed by atoms with E-state index in [0.29, 0.717) is 11.3 Å². The van der Waals surface area contributed by atoms with Crippen LogP contribution >= 0.6 is 0 Å². The molecule has 0 saturated carbocycles. The first-order chi connectivity index (χ1) is 7.65. The molecule has 0 bridgehead atoms. The molecule has 1 aromatic rings. The van der Waals surface area contributed by atoms with Crippen LogP contribution in [0.25, 0.3) is 0 Å². The summed E-state index contributed by atoms with van der Waals surface area (Å²) in [6, 6.07) is 5.95. The number of amides is 1. The van der Waals surface area contributed by atoms with Gasteiger partial charge in [-0.15, -0.1) is 5.11 Å². The van der Waals surface area contributed by atoms with Crippen LogP contribution in [0, 0.1) is 5.82 Å². The van der Waals surface area contributed by atoms with E-state index in [1.54, 1.807) is 12.1 Å². The number of azo groups is 1. The minimum absolute atomic E-state index is 0.278. The summed E-state index contributed by atoms with van der Waals surface area (Å²) in [5.41, 5.74) is 1.03. The molecule has 0 N–H and O–H groups in total. The van der Waals surface area contributed by atoms with Gasteiger partial charge in [-0.05, 0) is 17.7 Å². The molecule has 2 rings (SSSR count). The van der Waals surface area contributed by atoms with E-state index in [0.717, 1.165) is 6.08 Å². The second-order valence-corrected chi connectivity index (χ2v) is 3.31. The molecule has 5 heteroatoms. The largest absolute Gasteiger partial charge is 0.335 e. The summed E-state index contributed by atoms with van der Waals surface area (Å²) in [4.78, 5) is 21.7. The summed E-state index contributed by atoms with van der Waals surface area (Å²) in [7, 11) is 0. The molecular weight excluding hydrogens is 211 g/mol. The SMILES string of the molecule is O=C1C=C(Cc2cccc(F)c2)N=NC1=O. The predicted molar refractivity (Wildman–Crippen MR) is 53.1 cm³/mol. The fourth-order valence-corrected chi connectivity index (χ4v) is 1.34. The van der Waals surface area contributed by atoms with Crippen LogP contribution in [0.5, 0.6) is 0 Å². The Morgan fingerprint density at radius 1 is 1.19 bits per heavy atom. The van der Waals surface area contributed by atoms with E-state index >= 15 is 0 Å². The molecule has 0 aromatic heterocycles. The quantitative estimate of drug-likeness (QED) is 0.711. The second-order valence-electron chi connectivity index (χ2n) is 3.31. The van der Waals surface area contributed by atoms with Crippen LogP contribution < -0.4 is 0 Å². The van der Waals surface area contributed by atoms with E-state index in [-0.39, 0.29) is 12.2 Å². The highest BCUT2D eigenvalue weighted by molar-refractivity contribution is 6.41. The number of hydrogen-bond donors (Lipinski definition) is 0. The van der Waals surface area contributed by atoms with Gasteiger partial charge in [0.1, 0.15) is 5.82 Å². The third kappa shape index (κ3) is 2.25. The normalized spacial score (nSPS) is 15.2. The molecule has 1 aliphatic heterocycles. The van der Waals surface area contributed by atoms with Crippen molar-refractivity contribution in [1.82, 2.24) is 0 Å². The lowest BCUT2D eigenvalue weighted by atomic mass is 10.1. The van der Waals surface area contributed by atoms with Gasteiger partial charge in [-0.1, -0.05) is 12.1 Å². The Morgan fingerprint density at radius 3 is 2.69 bits per heavy atom. The lowest BCUT2D eigenvalue weighted by molar-refractivity contribution is -0.133. The highest BCUT2D eigenvalue weighted by Crippen LogP contribution is 2.14. The fraction of sp³-hybridized carbons (Fsp3) is 0.0909. The van der Waals surface area contributed by atoms with E-state index in [4.69, 9.17) is 0 Å². The third-order valence-electron chi connectivity index (χ3n) is 2.05. The summed E-state index contributed by atoms with van der Waals surface area (Å²) in [5, 5.41) is 6.76. The number of benzene rings is 1. The van der Waals surface area contributed by atoms with Crippen LogP contribution in [0.4, 0.5) is 4.39 Å². The Balaban J connectivity index is 2.18. The van der Waals surface area contributed by atoms with Gasteiger partial charge in [0, 0.05) is 12.5 Å². The smallest absolute Gasteiger partial charge is 0.284 e. The summed E-state index contributed by atoms with van der Waals surface area (Å²) in [6.07, 6.45) is 1.40. The lowest BCUT2D eigenvalue weighted by Gasteiger charge is -2.03. The molecule has 0 spiro atoms. The van der Waals surface area contributed by atoms with Crippen LogP contribution in [0.3, 0.4) is 0 Å². The van der Waals surface area contributed by atoms with Crippen molar-refractivity contribution in [1.29, 1.82) is 0 Å². The maximum atomic E-state index is 12.9. The molecule has 0 unspecified atom stereocenters. The van der Waals surface area contributed by atoms with E-state index in [9.17, 15) is 14.0 Å². The van der Waals surface area contributed by atoms with Crippen molar-refractivity contribution < 1.29 is 14.0 Å². The molecule has 1 aromatic carbocycles. The predicted octanol–water partition coefficient (Wildman–Crippen LogP) is 1.81. The van der Waals surface area contributed by atoms with Crippen LogP contribution in [0.1, 0.15) is 5.56 Å². The van der Waals surface area contributed by atoms with Crippen LogP contribution in [0.15, 0.2) is 46.3 Å². The highest BCUT2D eigenvalue weighted by Gasteiger charge is 2.16. The minimum Gasteiger partial charge on any atom is -0.284 e. The number of carbonyl (C=O) groups excluding carboxylic acids is 2. The van der Waals surface area contributed by atoms with Gasteiger partial charge in [0.2, 0.25) is 5.78 Å². The summed E-state index contributed by atoms with van der Waals surface area (Å²) in [5.74, 6) is -1.92. The van der Waals surface area contributed by atoms with Gasteiger partial charge < -0.3 is 0 Å². The van der Waals surface area contributed by atoms with E-state index in [2.05, 4.69) is 10.2 Å². The van der Waals surface area contributed by atoms with E-state index in [1.807, 2.05) is 0 Å². The van der Waals surface area contributed by atoms with Crippen molar-refractivity contribution >= 4 is 11.7 Å². The van der Waals surface area contributed by atoms with Gasteiger partial charge >= 0.3 is 5.91 Å². The molecule has 0 radical (unpaired) electrons. The first-order valence-corrected chi connectivity index (χ1v) is 4.60. The van der Waals surface area contributed by atoms with Crippen molar-refractivity contribution in [3.63, 3.8) is 0 Å². The zero-order chi connectivity index (χ0) is 11.5.